The molecule has 7 heteroatoms. The summed E-state index contributed by atoms with van der Waals surface area (Å²) in [6, 6.07) is 18.3. The predicted molar refractivity (Wildman–Crippen MR) is 120 cm³/mol. The van der Waals surface area contributed by atoms with Crippen LogP contribution in [-0.2, 0) is 13.1 Å². The molecular formula is C23H23ClN6. The van der Waals surface area contributed by atoms with Crippen molar-refractivity contribution in [1.82, 2.24) is 24.4 Å². The van der Waals surface area contributed by atoms with Gasteiger partial charge >= 0.3 is 0 Å². The van der Waals surface area contributed by atoms with Crippen molar-refractivity contribution < 1.29 is 0 Å². The van der Waals surface area contributed by atoms with Crippen LogP contribution in [0.4, 0.5) is 5.95 Å². The molecule has 152 valence electrons. The Kier molecular flexibility index (Phi) is 5.34. The Morgan fingerprint density at radius 2 is 1.60 bits per heavy atom. The molecule has 6 nitrogen and oxygen atoms in total. The first-order valence-corrected chi connectivity index (χ1v) is 10.6. The summed E-state index contributed by atoms with van der Waals surface area (Å²) in [5.41, 5.74) is 3.33. The van der Waals surface area contributed by atoms with Crippen molar-refractivity contribution in [2.75, 3.05) is 31.1 Å². The Bertz CT molecular complexity index is 1120. The van der Waals surface area contributed by atoms with Crippen LogP contribution < -0.4 is 4.90 Å². The van der Waals surface area contributed by atoms with Gasteiger partial charge in [-0.25, -0.2) is 15.0 Å². The lowest BCUT2D eigenvalue weighted by atomic mass is 10.2. The number of anilines is 1. The molecule has 0 atom stereocenters. The monoisotopic (exact) mass is 418 g/mol. The van der Waals surface area contributed by atoms with E-state index in [2.05, 4.69) is 54.7 Å². The first kappa shape index (κ1) is 19.0. The van der Waals surface area contributed by atoms with Crippen molar-refractivity contribution in [3.05, 3.63) is 83.4 Å². The molecule has 0 bridgehead atoms. The van der Waals surface area contributed by atoms with Gasteiger partial charge in [0.1, 0.15) is 5.82 Å². The second kappa shape index (κ2) is 8.42. The van der Waals surface area contributed by atoms with E-state index in [0.717, 1.165) is 67.1 Å². The van der Waals surface area contributed by atoms with E-state index in [-0.39, 0.29) is 0 Å². The van der Waals surface area contributed by atoms with E-state index in [1.54, 1.807) is 12.4 Å². The number of fused-ring (bicyclic) bond motifs is 1. The minimum atomic E-state index is 0.717. The van der Waals surface area contributed by atoms with Crippen LogP contribution in [-0.4, -0.2) is 50.6 Å². The number of rotatable bonds is 5. The Hall–Kier alpha value is -2.96. The van der Waals surface area contributed by atoms with Crippen LogP contribution in [0, 0.1) is 0 Å². The number of piperazine rings is 1. The molecule has 1 saturated heterocycles. The van der Waals surface area contributed by atoms with Crippen molar-refractivity contribution in [2.24, 2.45) is 0 Å². The van der Waals surface area contributed by atoms with Crippen molar-refractivity contribution in [1.29, 1.82) is 0 Å². The summed E-state index contributed by atoms with van der Waals surface area (Å²) in [5.74, 6) is 1.88. The third kappa shape index (κ3) is 4.01. The van der Waals surface area contributed by atoms with E-state index < -0.39 is 0 Å². The quantitative estimate of drug-likeness (QED) is 0.492. The molecule has 2 aromatic carbocycles. The van der Waals surface area contributed by atoms with Gasteiger partial charge in [-0.05, 0) is 29.8 Å². The van der Waals surface area contributed by atoms with Crippen molar-refractivity contribution in [3.8, 4) is 0 Å². The molecular weight excluding hydrogens is 396 g/mol. The second-order valence-corrected chi connectivity index (χ2v) is 7.98. The third-order valence-electron chi connectivity index (χ3n) is 5.55. The summed E-state index contributed by atoms with van der Waals surface area (Å²) >= 11 is 6.23. The molecule has 2 aromatic heterocycles. The zero-order valence-electron chi connectivity index (χ0n) is 16.7. The van der Waals surface area contributed by atoms with Crippen molar-refractivity contribution in [2.45, 2.75) is 13.1 Å². The van der Waals surface area contributed by atoms with Gasteiger partial charge in [0.15, 0.2) is 0 Å². The summed E-state index contributed by atoms with van der Waals surface area (Å²) in [6.45, 7) is 5.33. The molecule has 1 aliphatic rings. The molecule has 0 N–H and O–H groups in total. The molecule has 1 fully saturated rings. The van der Waals surface area contributed by atoms with Gasteiger partial charge in [-0.2, -0.15) is 0 Å². The van der Waals surface area contributed by atoms with E-state index >= 15 is 0 Å². The highest BCUT2D eigenvalue weighted by atomic mass is 35.5. The summed E-state index contributed by atoms with van der Waals surface area (Å²) in [5, 5.41) is 0.717. The van der Waals surface area contributed by atoms with Gasteiger partial charge in [-0.15, -0.1) is 0 Å². The summed E-state index contributed by atoms with van der Waals surface area (Å²) in [4.78, 5) is 18.4. The van der Waals surface area contributed by atoms with Gasteiger partial charge in [0.2, 0.25) is 5.95 Å². The Labute approximate surface area is 180 Å². The van der Waals surface area contributed by atoms with Gasteiger partial charge < -0.3 is 9.47 Å². The smallest absolute Gasteiger partial charge is 0.225 e. The number of hydrogen-bond acceptors (Lipinski definition) is 5. The molecule has 0 aliphatic carbocycles. The number of halogens is 1. The molecule has 0 unspecified atom stereocenters. The highest BCUT2D eigenvalue weighted by Gasteiger charge is 2.21. The molecule has 4 aromatic rings. The van der Waals surface area contributed by atoms with E-state index in [1.807, 2.05) is 24.3 Å². The lowest BCUT2D eigenvalue weighted by Gasteiger charge is -2.34. The summed E-state index contributed by atoms with van der Waals surface area (Å²) in [7, 11) is 0. The molecule has 0 saturated carbocycles. The van der Waals surface area contributed by atoms with Gasteiger partial charge in [0.25, 0.3) is 0 Å². The maximum Gasteiger partial charge on any atom is 0.225 e. The number of nitrogens with zero attached hydrogens (tertiary/aromatic N) is 6. The van der Waals surface area contributed by atoms with Gasteiger partial charge in [-0.3, -0.25) is 4.90 Å². The van der Waals surface area contributed by atoms with Gasteiger partial charge in [0.05, 0.1) is 17.6 Å². The van der Waals surface area contributed by atoms with Gasteiger partial charge in [-0.1, -0.05) is 41.9 Å². The second-order valence-electron chi connectivity index (χ2n) is 7.54. The van der Waals surface area contributed by atoms with Crippen molar-refractivity contribution in [3.63, 3.8) is 0 Å². The predicted octanol–water partition coefficient (Wildman–Crippen LogP) is 3.85. The molecule has 0 spiro atoms. The van der Waals surface area contributed by atoms with Crippen LogP contribution in [0.25, 0.3) is 11.0 Å². The average molecular weight is 419 g/mol. The fraction of sp³-hybridized carbons (Fsp3) is 0.261. The van der Waals surface area contributed by atoms with Crippen LogP contribution >= 0.6 is 11.6 Å². The molecule has 5 rings (SSSR count). The van der Waals surface area contributed by atoms with Crippen LogP contribution in [0.5, 0.6) is 0 Å². The maximum absolute atomic E-state index is 6.23. The number of hydrogen-bond donors (Lipinski definition) is 0. The Balaban J connectivity index is 1.37. The Morgan fingerprint density at radius 3 is 2.37 bits per heavy atom. The topological polar surface area (TPSA) is 50.1 Å². The SMILES string of the molecule is Clc1ccc2c(c1)nc(CN1CCN(c3ncccn3)CC1)n2Cc1ccccc1. The van der Waals surface area contributed by atoms with Crippen molar-refractivity contribution >= 4 is 28.6 Å². The van der Waals surface area contributed by atoms with E-state index in [9.17, 15) is 0 Å². The summed E-state index contributed by atoms with van der Waals surface area (Å²) in [6.07, 6.45) is 3.59. The van der Waals surface area contributed by atoms with Gasteiger partial charge in [0, 0.05) is 50.1 Å². The third-order valence-corrected chi connectivity index (χ3v) is 5.78. The minimum absolute atomic E-state index is 0.717. The van der Waals surface area contributed by atoms with Crippen LogP contribution in [0.2, 0.25) is 5.02 Å². The summed E-state index contributed by atoms with van der Waals surface area (Å²) < 4.78 is 2.31. The molecule has 1 aliphatic heterocycles. The first-order chi connectivity index (χ1) is 14.8. The Morgan fingerprint density at radius 1 is 0.833 bits per heavy atom. The van der Waals surface area contributed by atoms with E-state index in [0.29, 0.717) is 0 Å². The van der Waals surface area contributed by atoms with Crippen LogP contribution in [0.15, 0.2) is 67.0 Å². The van der Waals surface area contributed by atoms with E-state index in [1.165, 1.54) is 5.56 Å². The highest BCUT2D eigenvalue weighted by molar-refractivity contribution is 6.31. The fourth-order valence-corrected chi connectivity index (χ4v) is 4.14. The fourth-order valence-electron chi connectivity index (χ4n) is 3.98. The lowest BCUT2D eigenvalue weighted by Crippen LogP contribution is -2.46. The standard InChI is InChI=1S/C23H23ClN6/c24-19-7-8-21-20(15-19)27-22(30(21)16-18-5-2-1-3-6-18)17-28-11-13-29(14-12-28)23-25-9-4-10-26-23/h1-10,15H,11-14,16-17H2. The average Bonchev–Trinajstić information content (AvgIpc) is 3.11. The molecule has 0 amide bonds. The lowest BCUT2D eigenvalue weighted by molar-refractivity contribution is 0.240. The normalized spacial score (nSPS) is 15.0. The zero-order chi connectivity index (χ0) is 20.3. The highest BCUT2D eigenvalue weighted by Crippen LogP contribution is 2.23. The van der Waals surface area contributed by atoms with Crippen LogP contribution in [0.3, 0.4) is 0 Å². The zero-order valence-corrected chi connectivity index (χ0v) is 17.4. The maximum atomic E-state index is 6.23. The molecule has 0 radical (unpaired) electrons. The molecule has 30 heavy (non-hydrogen) atoms. The first-order valence-electron chi connectivity index (χ1n) is 10.2. The van der Waals surface area contributed by atoms with E-state index in [4.69, 9.17) is 16.6 Å². The number of benzene rings is 2. The largest absolute Gasteiger partial charge is 0.338 e. The minimum Gasteiger partial charge on any atom is -0.338 e. The number of imidazole rings is 1. The molecule has 3 heterocycles. The van der Waals surface area contributed by atoms with Crippen LogP contribution in [0.1, 0.15) is 11.4 Å². The number of aromatic nitrogens is 4.